The van der Waals surface area contributed by atoms with Crippen molar-refractivity contribution in [2.75, 3.05) is 0 Å². The van der Waals surface area contributed by atoms with Crippen molar-refractivity contribution in [1.29, 1.82) is 0 Å². The molecule has 0 amide bonds. The Morgan fingerprint density at radius 1 is 1.04 bits per heavy atom. The van der Waals surface area contributed by atoms with E-state index in [0.717, 1.165) is 0 Å². The fourth-order valence-corrected chi connectivity index (χ4v) is 3.15. The third kappa shape index (κ3) is 1.98. The van der Waals surface area contributed by atoms with Gasteiger partial charge in [-0.05, 0) is 18.2 Å². The SMILES string of the molecule is CC(=O)n1cc([C@H]2C(=O)Oc3ccccc3C2=O)c2ccccc21. The summed E-state index contributed by atoms with van der Waals surface area (Å²) in [4.78, 5) is 37.2. The van der Waals surface area contributed by atoms with E-state index in [2.05, 4.69) is 0 Å². The van der Waals surface area contributed by atoms with Crippen molar-refractivity contribution in [1.82, 2.24) is 4.57 Å². The monoisotopic (exact) mass is 319 g/mol. The Balaban J connectivity index is 1.94. The van der Waals surface area contributed by atoms with Crippen molar-refractivity contribution in [3.8, 4) is 5.75 Å². The maximum Gasteiger partial charge on any atom is 0.326 e. The number of esters is 1. The van der Waals surface area contributed by atoms with Gasteiger partial charge in [0.25, 0.3) is 0 Å². The van der Waals surface area contributed by atoms with E-state index in [4.69, 9.17) is 4.74 Å². The van der Waals surface area contributed by atoms with Gasteiger partial charge in [-0.3, -0.25) is 19.0 Å². The average Bonchev–Trinajstić information content (AvgIpc) is 2.95. The van der Waals surface area contributed by atoms with E-state index in [0.29, 0.717) is 22.0 Å². The molecule has 0 spiro atoms. The van der Waals surface area contributed by atoms with Gasteiger partial charge in [0.1, 0.15) is 11.7 Å². The highest BCUT2D eigenvalue weighted by atomic mass is 16.5. The molecule has 5 nitrogen and oxygen atoms in total. The van der Waals surface area contributed by atoms with Gasteiger partial charge in [0.2, 0.25) is 5.91 Å². The number of aromatic nitrogens is 1. The van der Waals surface area contributed by atoms with Gasteiger partial charge in [0, 0.05) is 24.1 Å². The molecule has 5 heteroatoms. The van der Waals surface area contributed by atoms with E-state index in [1.54, 1.807) is 42.6 Å². The molecule has 1 aliphatic heterocycles. The Hall–Kier alpha value is -3.21. The molecule has 0 fully saturated rings. The minimum atomic E-state index is -1.06. The summed E-state index contributed by atoms with van der Waals surface area (Å²) < 4.78 is 6.78. The first-order valence-electron chi connectivity index (χ1n) is 7.54. The molecule has 0 radical (unpaired) electrons. The van der Waals surface area contributed by atoms with Crippen LogP contribution in [0.3, 0.4) is 0 Å². The number of rotatable bonds is 1. The molecule has 3 aromatic rings. The molecule has 0 saturated carbocycles. The van der Waals surface area contributed by atoms with Gasteiger partial charge in [-0.15, -0.1) is 0 Å². The lowest BCUT2D eigenvalue weighted by atomic mass is 9.88. The van der Waals surface area contributed by atoms with Gasteiger partial charge in [-0.2, -0.15) is 0 Å². The number of benzene rings is 2. The zero-order valence-corrected chi connectivity index (χ0v) is 12.9. The van der Waals surface area contributed by atoms with Crippen LogP contribution in [0, 0.1) is 0 Å². The molecule has 0 N–H and O–H groups in total. The lowest BCUT2D eigenvalue weighted by Gasteiger charge is -2.21. The molecular weight excluding hydrogens is 306 g/mol. The van der Waals surface area contributed by atoms with Gasteiger partial charge in [-0.25, -0.2) is 0 Å². The molecule has 24 heavy (non-hydrogen) atoms. The maximum atomic E-state index is 12.9. The van der Waals surface area contributed by atoms with Crippen LogP contribution in [0.1, 0.15) is 33.6 Å². The van der Waals surface area contributed by atoms with Gasteiger partial charge < -0.3 is 4.74 Å². The molecule has 1 atom stereocenters. The Kier molecular flexibility index (Phi) is 3.09. The highest BCUT2D eigenvalue weighted by molar-refractivity contribution is 6.19. The first-order chi connectivity index (χ1) is 11.6. The number of hydrogen-bond donors (Lipinski definition) is 0. The number of para-hydroxylation sites is 2. The van der Waals surface area contributed by atoms with Crippen molar-refractivity contribution in [2.24, 2.45) is 0 Å². The third-order valence-corrected chi connectivity index (χ3v) is 4.25. The van der Waals surface area contributed by atoms with Crippen molar-refractivity contribution in [3.63, 3.8) is 0 Å². The van der Waals surface area contributed by atoms with E-state index >= 15 is 0 Å². The fourth-order valence-electron chi connectivity index (χ4n) is 3.15. The lowest BCUT2D eigenvalue weighted by Crippen LogP contribution is -2.31. The summed E-state index contributed by atoms with van der Waals surface area (Å²) in [5, 5.41) is 0.697. The Labute approximate surface area is 137 Å². The minimum absolute atomic E-state index is 0.186. The summed E-state index contributed by atoms with van der Waals surface area (Å²) in [5.74, 6) is -1.91. The summed E-state index contributed by atoms with van der Waals surface area (Å²) in [5.41, 5.74) is 1.53. The van der Waals surface area contributed by atoms with E-state index < -0.39 is 11.9 Å². The van der Waals surface area contributed by atoms with Gasteiger partial charge in [-0.1, -0.05) is 30.3 Å². The van der Waals surface area contributed by atoms with Crippen molar-refractivity contribution in [3.05, 3.63) is 65.9 Å². The molecule has 1 aromatic heterocycles. The van der Waals surface area contributed by atoms with Crippen LogP contribution in [-0.4, -0.2) is 22.2 Å². The average molecular weight is 319 g/mol. The molecular formula is C19H13NO4. The van der Waals surface area contributed by atoms with Crippen LogP contribution in [0.2, 0.25) is 0 Å². The smallest absolute Gasteiger partial charge is 0.326 e. The highest BCUT2D eigenvalue weighted by Crippen LogP contribution is 2.36. The lowest BCUT2D eigenvalue weighted by molar-refractivity contribution is -0.135. The van der Waals surface area contributed by atoms with Crippen molar-refractivity contribution >= 4 is 28.6 Å². The maximum absolute atomic E-state index is 12.9. The van der Waals surface area contributed by atoms with Crippen LogP contribution in [0.5, 0.6) is 5.75 Å². The summed E-state index contributed by atoms with van der Waals surface area (Å²) in [6.07, 6.45) is 1.56. The predicted molar refractivity (Wildman–Crippen MR) is 87.4 cm³/mol. The number of nitrogens with zero attached hydrogens (tertiary/aromatic N) is 1. The summed E-state index contributed by atoms with van der Waals surface area (Å²) in [6, 6.07) is 13.9. The van der Waals surface area contributed by atoms with Crippen LogP contribution < -0.4 is 4.74 Å². The van der Waals surface area contributed by atoms with E-state index in [1.807, 2.05) is 12.1 Å². The quantitative estimate of drug-likeness (QED) is 0.392. The van der Waals surface area contributed by atoms with Gasteiger partial charge >= 0.3 is 5.97 Å². The van der Waals surface area contributed by atoms with Crippen molar-refractivity contribution in [2.45, 2.75) is 12.8 Å². The Morgan fingerprint density at radius 2 is 1.75 bits per heavy atom. The van der Waals surface area contributed by atoms with Crippen LogP contribution in [-0.2, 0) is 4.79 Å². The number of carbonyl (C=O) groups is 3. The highest BCUT2D eigenvalue weighted by Gasteiger charge is 2.39. The molecule has 4 rings (SSSR count). The standard InChI is InChI=1S/C19H13NO4/c1-11(21)20-10-14(12-6-2-4-8-15(12)20)17-18(22)13-7-3-5-9-16(13)24-19(17)23/h2-10,17H,1H3/t17-/m1/s1. The largest absolute Gasteiger partial charge is 0.425 e. The summed E-state index contributed by atoms with van der Waals surface area (Å²) in [7, 11) is 0. The second-order valence-corrected chi connectivity index (χ2v) is 5.71. The zero-order chi connectivity index (χ0) is 16.8. The van der Waals surface area contributed by atoms with Gasteiger partial charge in [0.15, 0.2) is 5.78 Å². The summed E-state index contributed by atoms with van der Waals surface area (Å²) >= 11 is 0. The van der Waals surface area contributed by atoms with E-state index in [1.165, 1.54) is 11.5 Å². The first-order valence-corrected chi connectivity index (χ1v) is 7.54. The topological polar surface area (TPSA) is 65.4 Å². The molecule has 1 aliphatic rings. The molecule has 118 valence electrons. The normalized spacial score (nSPS) is 16.8. The minimum Gasteiger partial charge on any atom is -0.425 e. The van der Waals surface area contributed by atoms with Crippen LogP contribution in [0.25, 0.3) is 10.9 Å². The Morgan fingerprint density at radius 3 is 2.54 bits per heavy atom. The Bertz CT molecular complexity index is 1020. The second-order valence-electron chi connectivity index (χ2n) is 5.71. The van der Waals surface area contributed by atoms with Gasteiger partial charge in [0.05, 0.1) is 11.1 Å². The van der Waals surface area contributed by atoms with E-state index in [-0.39, 0.29) is 17.4 Å². The number of Topliss-reactive ketones (excluding diaryl/α,β-unsaturated/α-hetero) is 1. The predicted octanol–water partition coefficient (Wildman–Crippen LogP) is 3.19. The van der Waals surface area contributed by atoms with Crippen LogP contribution in [0.4, 0.5) is 0 Å². The van der Waals surface area contributed by atoms with Crippen molar-refractivity contribution < 1.29 is 19.1 Å². The molecule has 2 aromatic carbocycles. The molecule has 2 heterocycles. The number of carbonyl (C=O) groups excluding carboxylic acids is 3. The first kappa shape index (κ1) is 14.4. The second kappa shape index (κ2) is 5.16. The number of ether oxygens (including phenoxy) is 1. The third-order valence-electron chi connectivity index (χ3n) is 4.25. The van der Waals surface area contributed by atoms with Crippen LogP contribution in [0.15, 0.2) is 54.7 Å². The van der Waals surface area contributed by atoms with Crippen LogP contribution >= 0.6 is 0 Å². The number of fused-ring (bicyclic) bond motifs is 2. The zero-order valence-electron chi connectivity index (χ0n) is 12.9. The molecule has 0 bridgehead atoms. The number of hydrogen-bond acceptors (Lipinski definition) is 4. The fraction of sp³-hybridized carbons (Fsp3) is 0.105. The van der Waals surface area contributed by atoms with E-state index in [9.17, 15) is 14.4 Å². The number of ketones is 1. The molecule has 0 aliphatic carbocycles. The summed E-state index contributed by atoms with van der Waals surface area (Å²) in [6.45, 7) is 1.44. The molecule has 0 unspecified atom stereocenters. The molecule has 0 saturated heterocycles.